The van der Waals surface area contributed by atoms with Gasteiger partial charge in [0.05, 0.1) is 13.5 Å². The van der Waals surface area contributed by atoms with E-state index in [1.807, 2.05) is 26.0 Å². The van der Waals surface area contributed by atoms with E-state index in [-0.39, 0.29) is 11.9 Å². The molecule has 1 aliphatic heterocycles. The molecule has 1 aromatic rings. The molecule has 2 rings (SSSR count). The summed E-state index contributed by atoms with van der Waals surface area (Å²) in [5.74, 6) is -0.355. The average Bonchev–Trinajstić information content (AvgIpc) is 2.34. The van der Waals surface area contributed by atoms with Crippen LogP contribution in [0.3, 0.4) is 0 Å². The van der Waals surface area contributed by atoms with Crippen molar-refractivity contribution in [2.24, 2.45) is 0 Å². The van der Waals surface area contributed by atoms with Crippen molar-refractivity contribution in [1.29, 1.82) is 0 Å². The fourth-order valence-corrected chi connectivity index (χ4v) is 2.83. The highest BCUT2D eigenvalue weighted by Crippen LogP contribution is 2.32. The summed E-state index contributed by atoms with van der Waals surface area (Å²) in [6.45, 7) is 6.42. The molecule has 4 heteroatoms. The van der Waals surface area contributed by atoms with E-state index < -0.39 is 5.54 Å². The van der Waals surface area contributed by atoms with Crippen LogP contribution in [0.25, 0.3) is 0 Å². The van der Waals surface area contributed by atoms with Crippen molar-refractivity contribution in [3.8, 4) is 0 Å². The number of rotatable bonds is 3. The quantitative estimate of drug-likeness (QED) is 0.793. The number of ether oxygens (including phenoxy) is 1. The summed E-state index contributed by atoms with van der Waals surface area (Å²) < 4.78 is 4.79. The number of benzene rings is 1. The maximum absolute atomic E-state index is 12.4. The van der Waals surface area contributed by atoms with Crippen molar-refractivity contribution in [2.45, 2.75) is 39.2 Å². The first-order valence-electron chi connectivity index (χ1n) is 6.83. The Hall–Kier alpha value is -1.84. The predicted octanol–water partition coefficient (Wildman–Crippen LogP) is 2.01. The Balaban J connectivity index is 2.11. The van der Waals surface area contributed by atoms with Gasteiger partial charge in [-0.1, -0.05) is 29.3 Å². The molecule has 108 valence electrons. The Bertz CT molecular complexity index is 532. The predicted molar refractivity (Wildman–Crippen MR) is 76.4 cm³/mol. The molecule has 1 atom stereocenters. The van der Waals surface area contributed by atoms with Gasteiger partial charge in [0.25, 0.3) is 0 Å². The van der Waals surface area contributed by atoms with Crippen LogP contribution < -0.4 is 0 Å². The molecule has 1 fully saturated rings. The molecule has 1 heterocycles. The zero-order chi connectivity index (χ0) is 14.9. The van der Waals surface area contributed by atoms with Crippen LogP contribution in [-0.2, 0) is 20.7 Å². The zero-order valence-electron chi connectivity index (χ0n) is 12.5. The fraction of sp³-hybridized carbons (Fsp3) is 0.500. The lowest BCUT2D eigenvalue weighted by atomic mass is 9.86. The number of hydrogen-bond acceptors (Lipinski definition) is 3. The van der Waals surface area contributed by atoms with Gasteiger partial charge in [-0.05, 0) is 32.8 Å². The van der Waals surface area contributed by atoms with Gasteiger partial charge in [0.15, 0.2) is 0 Å². The van der Waals surface area contributed by atoms with Crippen molar-refractivity contribution in [1.82, 2.24) is 4.90 Å². The molecule has 0 bridgehead atoms. The highest BCUT2D eigenvalue weighted by molar-refractivity contribution is 5.90. The normalized spacial score (nSPS) is 21.3. The molecule has 1 aromatic carbocycles. The zero-order valence-corrected chi connectivity index (χ0v) is 12.5. The van der Waals surface area contributed by atoms with Crippen molar-refractivity contribution in [2.75, 3.05) is 13.7 Å². The van der Waals surface area contributed by atoms with E-state index >= 15 is 0 Å². The van der Waals surface area contributed by atoms with Crippen molar-refractivity contribution in [3.05, 3.63) is 34.9 Å². The van der Waals surface area contributed by atoms with Gasteiger partial charge in [0.2, 0.25) is 5.91 Å². The number of likely N-dealkylation sites (tertiary alicyclic amines) is 1. The van der Waals surface area contributed by atoms with E-state index in [2.05, 4.69) is 6.07 Å². The van der Waals surface area contributed by atoms with Gasteiger partial charge in [-0.3, -0.25) is 4.79 Å². The molecule has 0 radical (unpaired) electrons. The maximum atomic E-state index is 12.4. The Morgan fingerprint density at radius 2 is 1.85 bits per heavy atom. The summed E-state index contributed by atoms with van der Waals surface area (Å²) in [5, 5.41) is 0. The number of methoxy groups -OCH3 is 1. The minimum Gasteiger partial charge on any atom is -0.467 e. The van der Waals surface area contributed by atoms with E-state index in [4.69, 9.17) is 4.74 Å². The summed E-state index contributed by atoms with van der Waals surface area (Å²) >= 11 is 0. The van der Waals surface area contributed by atoms with Crippen LogP contribution in [0, 0.1) is 13.8 Å². The van der Waals surface area contributed by atoms with E-state index in [9.17, 15) is 9.59 Å². The molecule has 0 spiro atoms. The third-order valence-electron chi connectivity index (χ3n) is 3.98. The van der Waals surface area contributed by atoms with Gasteiger partial charge in [0, 0.05) is 6.54 Å². The van der Waals surface area contributed by atoms with Crippen LogP contribution in [0.1, 0.15) is 30.0 Å². The highest BCUT2D eigenvalue weighted by atomic mass is 16.5. The standard InChI is InChI=1S/C16H21NO3/c1-11-7-12(2)9-13(8-11)10-14(18)17-6-5-16(17,3)15(19)20-4/h7-9H,5-6,10H2,1-4H3/t16-/m1/s1. The molecule has 0 aromatic heterocycles. The minimum absolute atomic E-state index is 0.0193. The molecule has 0 saturated carbocycles. The van der Waals surface area contributed by atoms with Crippen LogP contribution in [0.2, 0.25) is 0 Å². The van der Waals surface area contributed by atoms with Gasteiger partial charge >= 0.3 is 5.97 Å². The van der Waals surface area contributed by atoms with Crippen molar-refractivity contribution in [3.63, 3.8) is 0 Å². The van der Waals surface area contributed by atoms with Gasteiger partial charge < -0.3 is 9.64 Å². The fourth-order valence-electron chi connectivity index (χ4n) is 2.83. The molecule has 0 aliphatic carbocycles. The monoisotopic (exact) mass is 275 g/mol. The lowest BCUT2D eigenvalue weighted by Gasteiger charge is -2.48. The molecule has 1 amide bonds. The molecular weight excluding hydrogens is 254 g/mol. The molecule has 1 aliphatic rings. The second-order valence-electron chi connectivity index (χ2n) is 5.73. The number of aryl methyl sites for hydroxylation is 2. The van der Waals surface area contributed by atoms with Crippen LogP contribution in [0.5, 0.6) is 0 Å². The van der Waals surface area contributed by atoms with Gasteiger partial charge in [-0.15, -0.1) is 0 Å². The average molecular weight is 275 g/mol. The smallest absolute Gasteiger partial charge is 0.331 e. The van der Waals surface area contributed by atoms with Gasteiger partial charge in [-0.25, -0.2) is 4.79 Å². The van der Waals surface area contributed by atoms with Crippen LogP contribution in [-0.4, -0.2) is 36.0 Å². The number of esters is 1. The molecular formula is C16H21NO3. The Labute approximate surface area is 119 Å². The minimum atomic E-state index is -0.787. The molecule has 0 N–H and O–H groups in total. The number of hydrogen-bond donors (Lipinski definition) is 0. The summed E-state index contributed by atoms with van der Waals surface area (Å²) in [6.07, 6.45) is 0.993. The first kappa shape index (κ1) is 14.6. The van der Waals surface area contributed by atoms with Gasteiger partial charge in [-0.2, -0.15) is 0 Å². The Kier molecular flexibility index (Phi) is 3.84. The summed E-state index contributed by atoms with van der Waals surface area (Å²) in [5.41, 5.74) is 2.50. The SMILES string of the molecule is COC(=O)[C@@]1(C)CCN1C(=O)Cc1cc(C)cc(C)c1. The molecule has 0 unspecified atom stereocenters. The molecule has 20 heavy (non-hydrogen) atoms. The number of nitrogens with zero attached hydrogens (tertiary/aromatic N) is 1. The molecule has 1 saturated heterocycles. The first-order valence-corrected chi connectivity index (χ1v) is 6.83. The Morgan fingerprint density at radius 1 is 1.25 bits per heavy atom. The lowest BCUT2D eigenvalue weighted by Crippen LogP contribution is -2.65. The summed E-state index contributed by atoms with van der Waals surface area (Å²) in [4.78, 5) is 25.8. The van der Waals surface area contributed by atoms with Crippen molar-refractivity contribution < 1.29 is 14.3 Å². The summed E-state index contributed by atoms with van der Waals surface area (Å²) in [6, 6.07) is 6.11. The van der Waals surface area contributed by atoms with Crippen molar-refractivity contribution >= 4 is 11.9 Å². The van der Waals surface area contributed by atoms with E-state index in [1.165, 1.54) is 7.11 Å². The third kappa shape index (κ3) is 2.55. The van der Waals surface area contributed by atoms with Crippen LogP contribution >= 0.6 is 0 Å². The summed E-state index contributed by atoms with van der Waals surface area (Å²) in [7, 11) is 1.36. The Morgan fingerprint density at radius 3 is 2.30 bits per heavy atom. The number of carbonyl (C=O) groups excluding carboxylic acids is 2. The molecule has 4 nitrogen and oxygen atoms in total. The van der Waals surface area contributed by atoms with E-state index in [1.54, 1.807) is 11.8 Å². The largest absolute Gasteiger partial charge is 0.467 e. The highest BCUT2D eigenvalue weighted by Gasteiger charge is 2.50. The first-order chi connectivity index (χ1) is 9.36. The number of amides is 1. The maximum Gasteiger partial charge on any atom is 0.331 e. The topological polar surface area (TPSA) is 46.6 Å². The second-order valence-corrected chi connectivity index (χ2v) is 5.73. The third-order valence-corrected chi connectivity index (χ3v) is 3.98. The number of carbonyl (C=O) groups is 2. The second kappa shape index (κ2) is 5.27. The van der Waals surface area contributed by atoms with E-state index in [0.717, 1.165) is 16.7 Å². The lowest BCUT2D eigenvalue weighted by molar-refractivity contribution is -0.171. The van der Waals surface area contributed by atoms with Crippen LogP contribution in [0.4, 0.5) is 0 Å². The van der Waals surface area contributed by atoms with E-state index in [0.29, 0.717) is 19.4 Å². The van der Waals surface area contributed by atoms with Crippen LogP contribution in [0.15, 0.2) is 18.2 Å². The van der Waals surface area contributed by atoms with Gasteiger partial charge in [0.1, 0.15) is 5.54 Å².